The summed E-state index contributed by atoms with van der Waals surface area (Å²) in [4.78, 5) is 0.324. The van der Waals surface area contributed by atoms with Gasteiger partial charge in [0.25, 0.3) is 10.0 Å². The summed E-state index contributed by atoms with van der Waals surface area (Å²) in [5.74, 6) is 0.288. The number of aryl methyl sites for hydroxylation is 1. The van der Waals surface area contributed by atoms with E-state index >= 15 is 0 Å². The molecule has 0 bridgehead atoms. The zero-order valence-electron chi connectivity index (χ0n) is 19.1. The molecule has 2 heterocycles. The zero-order valence-corrected chi connectivity index (χ0v) is 19.9. The Bertz CT molecular complexity index is 1460. The Morgan fingerprint density at radius 1 is 0.853 bits per heavy atom. The molecule has 4 aromatic rings. The van der Waals surface area contributed by atoms with E-state index in [1.165, 1.54) is 10.8 Å². The van der Waals surface area contributed by atoms with Gasteiger partial charge in [-0.1, -0.05) is 72.3 Å². The van der Waals surface area contributed by atoms with Crippen molar-refractivity contribution in [3.63, 3.8) is 0 Å². The molecule has 0 N–H and O–H groups in total. The van der Waals surface area contributed by atoms with Crippen molar-refractivity contribution in [1.29, 1.82) is 0 Å². The maximum atomic E-state index is 13.8. The number of ether oxygens (including phenoxy) is 1. The lowest BCUT2D eigenvalue weighted by atomic mass is 9.74. The maximum absolute atomic E-state index is 13.8. The molecule has 0 aliphatic carbocycles. The first-order valence-electron chi connectivity index (χ1n) is 11.8. The average Bonchev–Trinajstić information content (AvgIpc) is 2.88. The van der Waals surface area contributed by atoms with Crippen LogP contribution in [0, 0.1) is 12.8 Å². The molecule has 172 valence electrons. The number of hydrogen-bond acceptors (Lipinski definition) is 3. The second kappa shape index (κ2) is 8.26. The third kappa shape index (κ3) is 3.51. The number of rotatable bonds is 3. The molecule has 0 spiro atoms. The summed E-state index contributed by atoms with van der Waals surface area (Å²) in [5, 5.41) is 2.36. The van der Waals surface area contributed by atoms with Gasteiger partial charge in [-0.05, 0) is 65.4 Å². The molecule has 0 radical (unpaired) electrons. The number of anilines is 1. The highest BCUT2D eigenvalue weighted by Gasteiger charge is 2.44. The summed E-state index contributed by atoms with van der Waals surface area (Å²) < 4.78 is 35.6. The van der Waals surface area contributed by atoms with E-state index in [-0.39, 0.29) is 17.9 Å². The van der Waals surface area contributed by atoms with Crippen LogP contribution in [0.2, 0.25) is 0 Å². The van der Waals surface area contributed by atoms with Crippen LogP contribution >= 0.6 is 0 Å². The SMILES string of the molecule is Cc1ccc(S(=O)(=O)N2CC3C(CCOC3c3ccc4ccccc4c3)c3ccccc32)cc1. The molecule has 0 aromatic heterocycles. The summed E-state index contributed by atoms with van der Waals surface area (Å²) in [5.41, 5.74) is 4.04. The van der Waals surface area contributed by atoms with Crippen molar-refractivity contribution >= 4 is 26.5 Å². The first kappa shape index (κ1) is 21.4. The molecule has 3 unspecified atom stereocenters. The average molecular weight is 470 g/mol. The van der Waals surface area contributed by atoms with Crippen LogP contribution in [0.3, 0.4) is 0 Å². The van der Waals surface area contributed by atoms with Crippen LogP contribution in [0.1, 0.15) is 35.1 Å². The Kier molecular flexibility index (Phi) is 5.19. The molecule has 1 fully saturated rings. The minimum atomic E-state index is -3.71. The van der Waals surface area contributed by atoms with Crippen LogP contribution in [0.5, 0.6) is 0 Å². The third-order valence-corrected chi connectivity index (χ3v) is 9.12. The minimum absolute atomic E-state index is 0.0324. The fourth-order valence-corrected chi connectivity index (χ4v) is 7.12. The van der Waals surface area contributed by atoms with Gasteiger partial charge < -0.3 is 4.74 Å². The fourth-order valence-electron chi connectivity index (χ4n) is 5.59. The predicted octanol–water partition coefficient (Wildman–Crippen LogP) is 6.22. The van der Waals surface area contributed by atoms with Gasteiger partial charge in [0.1, 0.15) is 0 Å². The first-order chi connectivity index (χ1) is 16.5. The van der Waals surface area contributed by atoms with E-state index in [1.807, 2.05) is 49.4 Å². The molecule has 3 atom stereocenters. The Balaban J connectivity index is 1.45. The number of fused-ring (bicyclic) bond motifs is 4. The van der Waals surface area contributed by atoms with Crippen LogP contribution in [-0.2, 0) is 14.8 Å². The highest BCUT2D eigenvalue weighted by atomic mass is 32.2. The fraction of sp³-hybridized carbons (Fsp3) is 0.241. The van der Waals surface area contributed by atoms with Crippen LogP contribution in [0.15, 0.2) is 95.9 Å². The molecule has 5 heteroatoms. The monoisotopic (exact) mass is 469 g/mol. The quantitative estimate of drug-likeness (QED) is 0.358. The third-order valence-electron chi connectivity index (χ3n) is 7.32. The van der Waals surface area contributed by atoms with Gasteiger partial charge in [0, 0.05) is 19.1 Å². The van der Waals surface area contributed by atoms with E-state index < -0.39 is 10.0 Å². The van der Waals surface area contributed by atoms with Gasteiger partial charge >= 0.3 is 0 Å². The first-order valence-corrected chi connectivity index (χ1v) is 13.2. The molecule has 0 amide bonds. The summed E-state index contributed by atoms with van der Waals surface area (Å²) >= 11 is 0. The van der Waals surface area contributed by atoms with Crippen molar-refractivity contribution in [3.05, 3.63) is 108 Å². The minimum Gasteiger partial charge on any atom is -0.373 e. The zero-order chi connectivity index (χ0) is 23.3. The second-order valence-corrected chi connectivity index (χ2v) is 11.2. The number of benzene rings is 4. The largest absolute Gasteiger partial charge is 0.373 e. The van der Waals surface area contributed by atoms with Gasteiger partial charge in [0.05, 0.1) is 16.7 Å². The van der Waals surface area contributed by atoms with Gasteiger partial charge in [-0.3, -0.25) is 4.31 Å². The summed E-state index contributed by atoms with van der Waals surface area (Å²) in [7, 11) is -3.71. The Hall–Kier alpha value is -3.15. The lowest BCUT2D eigenvalue weighted by Gasteiger charge is -2.46. The topological polar surface area (TPSA) is 46.6 Å². The standard InChI is InChI=1S/C29H27NO3S/c1-20-10-14-24(15-11-20)34(31,32)30-19-27-25(26-8-4-5-9-28(26)30)16-17-33-29(27)23-13-12-21-6-2-3-7-22(21)18-23/h2-15,18,25,27,29H,16-17,19H2,1H3. The van der Waals surface area contributed by atoms with Crippen molar-refractivity contribution < 1.29 is 13.2 Å². The normalized spacial score (nSPS) is 22.3. The lowest BCUT2D eigenvalue weighted by Crippen LogP contribution is -2.46. The molecule has 2 aliphatic heterocycles. The molecular weight excluding hydrogens is 442 g/mol. The molecule has 0 saturated carbocycles. The lowest BCUT2D eigenvalue weighted by molar-refractivity contribution is -0.0383. The van der Waals surface area contributed by atoms with Crippen LogP contribution in [0.4, 0.5) is 5.69 Å². The summed E-state index contributed by atoms with van der Waals surface area (Å²) in [6.45, 7) is 3.03. The Labute approximate surface area is 200 Å². The van der Waals surface area contributed by atoms with Crippen molar-refractivity contribution in [1.82, 2.24) is 0 Å². The molecule has 2 aliphatic rings. The van der Waals surface area contributed by atoms with E-state index in [2.05, 4.69) is 36.4 Å². The van der Waals surface area contributed by atoms with Crippen LogP contribution in [-0.4, -0.2) is 21.6 Å². The summed E-state index contributed by atoms with van der Waals surface area (Å²) in [6.07, 6.45) is 0.733. The van der Waals surface area contributed by atoms with Crippen LogP contribution < -0.4 is 4.31 Å². The Morgan fingerprint density at radius 2 is 1.59 bits per heavy atom. The van der Waals surface area contributed by atoms with Gasteiger partial charge in [-0.25, -0.2) is 8.42 Å². The maximum Gasteiger partial charge on any atom is 0.264 e. The highest BCUT2D eigenvalue weighted by Crippen LogP contribution is 2.50. The number of para-hydroxylation sites is 1. The number of nitrogens with zero attached hydrogens (tertiary/aromatic N) is 1. The summed E-state index contributed by atoms with van der Waals surface area (Å²) in [6, 6.07) is 29.9. The van der Waals surface area contributed by atoms with E-state index in [1.54, 1.807) is 16.4 Å². The molecule has 4 aromatic carbocycles. The highest BCUT2D eigenvalue weighted by molar-refractivity contribution is 7.92. The van der Waals surface area contributed by atoms with Gasteiger partial charge in [-0.2, -0.15) is 0 Å². The predicted molar refractivity (Wildman–Crippen MR) is 136 cm³/mol. The van der Waals surface area contributed by atoms with E-state index in [0.29, 0.717) is 18.0 Å². The van der Waals surface area contributed by atoms with Gasteiger partial charge in [0.15, 0.2) is 0 Å². The van der Waals surface area contributed by atoms with Crippen molar-refractivity contribution in [2.75, 3.05) is 17.5 Å². The molecule has 1 saturated heterocycles. The van der Waals surface area contributed by atoms with Gasteiger partial charge in [0.2, 0.25) is 0 Å². The smallest absolute Gasteiger partial charge is 0.264 e. The molecule has 4 nitrogen and oxygen atoms in total. The second-order valence-electron chi connectivity index (χ2n) is 9.37. The van der Waals surface area contributed by atoms with E-state index in [0.717, 1.165) is 28.8 Å². The van der Waals surface area contributed by atoms with Crippen LogP contribution in [0.25, 0.3) is 10.8 Å². The Morgan fingerprint density at radius 3 is 2.41 bits per heavy atom. The van der Waals surface area contributed by atoms with Crippen molar-refractivity contribution in [2.45, 2.75) is 30.3 Å². The van der Waals surface area contributed by atoms with Gasteiger partial charge in [-0.15, -0.1) is 0 Å². The molecule has 6 rings (SSSR count). The van der Waals surface area contributed by atoms with Crippen molar-refractivity contribution in [3.8, 4) is 0 Å². The van der Waals surface area contributed by atoms with Crippen molar-refractivity contribution in [2.24, 2.45) is 5.92 Å². The van der Waals surface area contributed by atoms with E-state index in [4.69, 9.17) is 4.74 Å². The number of sulfonamides is 1. The van der Waals surface area contributed by atoms with E-state index in [9.17, 15) is 8.42 Å². The molecular formula is C29H27NO3S. The number of hydrogen-bond donors (Lipinski definition) is 0. The molecule has 34 heavy (non-hydrogen) atoms.